The lowest BCUT2D eigenvalue weighted by molar-refractivity contribution is 0.170. The quantitative estimate of drug-likeness (QED) is 0.518. The first-order valence-corrected chi connectivity index (χ1v) is 7.02. The van der Waals surface area contributed by atoms with Crippen LogP contribution in [0, 0.1) is 23.7 Å². The number of alkyl halides is 1. The van der Waals surface area contributed by atoms with Crippen LogP contribution in [-0.4, -0.2) is 6.17 Å². The lowest BCUT2D eigenvalue weighted by atomic mass is 9.81. The van der Waals surface area contributed by atoms with Crippen molar-refractivity contribution in [1.29, 1.82) is 0 Å². The molecule has 0 rings (SSSR count). The number of halogens is 1. The fourth-order valence-corrected chi connectivity index (χ4v) is 2.19. The first-order chi connectivity index (χ1) is 7.38. The Kier molecular flexibility index (Phi) is 8.05. The molecule has 0 aliphatic carbocycles. The third-order valence-corrected chi connectivity index (χ3v) is 3.78. The van der Waals surface area contributed by atoms with E-state index in [0.717, 1.165) is 18.8 Å². The van der Waals surface area contributed by atoms with Crippen molar-refractivity contribution in [2.75, 3.05) is 0 Å². The van der Waals surface area contributed by atoms with Crippen molar-refractivity contribution in [1.82, 2.24) is 0 Å². The van der Waals surface area contributed by atoms with Crippen molar-refractivity contribution >= 4 is 0 Å². The van der Waals surface area contributed by atoms with E-state index in [1.54, 1.807) is 0 Å². The van der Waals surface area contributed by atoms with Gasteiger partial charge in [-0.15, -0.1) is 0 Å². The highest BCUT2D eigenvalue weighted by Gasteiger charge is 2.22. The molecule has 1 heteroatoms. The minimum atomic E-state index is -0.619. The fourth-order valence-electron chi connectivity index (χ4n) is 2.19. The predicted molar refractivity (Wildman–Crippen MR) is 71.4 cm³/mol. The highest BCUT2D eigenvalue weighted by atomic mass is 19.1. The van der Waals surface area contributed by atoms with E-state index in [1.165, 1.54) is 12.8 Å². The highest BCUT2D eigenvalue weighted by Crippen LogP contribution is 2.29. The summed E-state index contributed by atoms with van der Waals surface area (Å²) >= 11 is 0. The maximum absolute atomic E-state index is 13.7. The molecule has 0 bridgehead atoms. The molecule has 0 saturated heterocycles. The smallest absolute Gasteiger partial charge is 0.103 e. The average molecular weight is 230 g/mol. The van der Waals surface area contributed by atoms with Gasteiger partial charge in [0.15, 0.2) is 0 Å². The fraction of sp³-hybridized carbons (Fsp3) is 1.00. The predicted octanol–water partition coefficient (Wildman–Crippen LogP) is 5.47. The first kappa shape index (κ1) is 15.9. The van der Waals surface area contributed by atoms with Crippen LogP contribution < -0.4 is 0 Å². The molecular formula is C15H31F. The van der Waals surface area contributed by atoms with E-state index in [-0.39, 0.29) is 5.92 Å². The Balaban J connectivity index is 4.05. The molecule has 0 nitrogen and oxygen atoms in total. The van der Waals surface area contributed by atoms with Crippen LogP contribution >= 0.6 is 0 Å². The summed E-state index contributed by atoms with van der Waals surface area (Å²) in [6.45, 7) is 13.0. The average Bonchev–Trinajstić information content (AvgIpc) is 2.21. The molecule has 0 radical (unpaired) electrons. The second kappa shape index (κ2) is 8.08. The summed E-state index contributed by atoms with van der Waals surface area (Å²) in [5.41, 5.74) is 0. The molecule has 0 N–H and O–H groups in total. The van der Waals surface area contributed by atoms with E-state index in [2.05, 4.69) is 27.7 Å². The second-order valence-corrected chi connectivity index (χ2v) is 6.11. The van der Waals surface area contributed by atoms with E-state index < -0.39 is 6.17 Å². The van der Waals surface area contributed by atoms with Crippen LogP contribution in [0.25, 0.3) is 0 Å². The van der Waals surface area contributed by atoms with Crippen LogP contribution in [0.5, 0.6) is 0 Å². The topological polar surface area (TPSA) is 0 Å². The van der Waals surface area contributed by atoms with E-state index >= 15 is 0 Å². The Morgan fingerprint density at radius 1 is 0.938 bits per heavy atom. The highest BCUT2D eigenvalue weighted by molar-refractivity contribution is 4.72. The van der Waals surface area contributed by atoms with Gasteiger partial charge in [0.2, 0.25) is 0 Å². The Bertz CT molecular complexity index is 163. The third kappa shape index (κ3) is 6.50. The Hall–Kier alpha value is -0.0700. The van der Waals surface area contributed by atoms with Gasteiger partial charge in [-0.1, -0.05) is 60.8 Å². The molecule has 98 valence electrons. The minimum absolute atomic E-state index is 0.173. The lowest BCUT2D eigenvalue weighted by Crippen LogP contribution is -2.20. The molecule has 16 heavy (non-hydrogen) atoms. The Morgan fingerprint density at radius 2 is 1.50 bits per heavy atom. The SMILES string of the molecule is CCC(CC(F)C(C)C)C(C)CCC(C)C. The zero-order valence-corrected chi connectivity index (χ0v) is 12.1. The van der Waals surface area contributed by atoms with Gasteiger partial charge in [0.05, 0.1) is 0 Å². The van der Waals surface area contributed by atoms with Gasteiger partial charge in [0.1, 0.15) is 6.17 Å². The largest absolute Gasteiger partial charge is 0.247 e. The summed E-state index contributed by atoms with van der Waals surface area (Å²) in [4.78, 5) is 0. The van der Waals surface area contributed by atoms with E-state index in [0.29, 0.717) is 11.8 Å². The zero-order valence-electron chi connectivity index (χ0n) is 12.1. The lowest BCUT2D eigenvalue weighted by Gasteiger charge is -2.26. The summed E-state index contributed by atoms with van der Waals surface area (Å²) in [7, 11) is 0. The monoisotopic (exact) mass is 230 g/mol. The normalized spacial score (nSPS) is 17.8. The van der Waals surface area contributed by atoms with Crippen molar-refractivity contribution in [3.63, 3.8) is 0 Å². The van der Waals surface area contributed by atoms with Crippen molar-refractivity contribution < 1.29 is 4.39 Å². The van der Waals surface area contributed by atoms with Crippen molar-refractivity contribution in [2.24, 2.45) is 23.7 Å². The third-order valence-electron chi connectivity index (χ3n) is 3.78. The van der Waals surface area contributed by atoms with Crippen LogP contribution in [0.15, 0.2) is 0 Å². The molecule has 3 atom stereocenters. The van der Waals surface area contributed by atoms with Crippen LogP contribution in [-0.2, 0) is 0 Å². The Labute approximate surface area is 102 Å². The first-order valence-electron chi connectivity index (χ1n) is 7.02. The van der Waals surface area contributed by atoms with Gasteiger partial charge in [-0.05, 0) is 30.1 Å². The molecule has 0 aromatic rings. The zero-order chi connectivity index (χ0) is 12.7. The van der Waals surface area contributed by atoms with Gasteiger partial charge in [-0.25, -0.2) is 4.39 Å². The number of hydrogen-bond acceptors (Lipinski definition) is 0. The van der Waals surface area contributed by atoms with Crippen LogP contribution in [0.1, 0.15) is 67.2 Å². The minimum Gasteiger partial charge on any atom is -0.247 e. The summed E-state index contributed by atoms with van der Waals surface area (Å²) in [5.74, 6) is 2.18. The Morgan fingerprint density at radius 3 is 1.88 bits per heavy atom. The molecule has 0 amide bonds. The number of rotatable bonds is 8. The molecule has 0 saturated carbocycles. The van der Waals surface area contributed by atoms with Crippen molar-refractivity contribution in [3.05, 3.63) is 0 Å². The van der Waals surface area contributed by atoms with E-state index in [9.17, 15) is 4.39 Å². The van der Waals surface area contributed by atoms with Crippen LogP contribution in [0.3, 0.4) is 0 Å². The molecule has 3 unspecified atom stereocenters. The van der Waals surface area contributed by atoms with E-state index in [4.69, 9.17) is 0 Å². The van der Waals surface area contributed by atoms with Crippen molar-refractivity contribution in [2.45, 2.75) is 73.4 Å². The summed E-state index contributed by atoms with van der Waals surface area (Å²) in [5, 5.41) is 0. The molecule has 0 heterocycles. The van der Waals surface area contributed by atoms with Gasteiger partial charge in [0, 0.05) is 0 Å². The van der Waals surface area contributed by atoms with Gasteiger partial charge in [-0.3, -0.25) is 0 Å². The van der Waals surface area contributed by atoms with Crippen molar-refractivity contribution in [3.8, 4) is 0 Å². The maximum Gasteiger partial charge on any atom is 0.103 e. The van der Waals surface area contributed by atoms with Gasteiger partial charge in [-0.2, -0.15) is 0 Å². The number of hydrogen-bond donors (Lipinski definition) is 0. The summed E-state index contributed by atoms with van der Waals surface area (Å²) < 4.78 is 13.7. The van der Waals surface area contributed by atoms with E-state index in [1.807, 2.05) is 13.8 Å². The summed E-state index contributed by atoms with van der Waals surface area (Å²) in [6.07, 6.45) is 3.78. The van der Waals surface area contributed by atoms with Gasteiger partial charge < -0.3 is 0 Å². The van der Waals surface area contributed by atoms with Gasteiger partial charge >= 0.3 is 0 Å². The maximum atomic E-state index is 13.7. The standard InChI is InChI=1S/C15H31F/c1-7-14(10-15(16)12(4)5)13(6)9-8-11(2)3/h11-15H,7-10H2,1-6H3. The van der Waals surface area contributed by atoms with Crippen LogP contribution in [0.2, 0.25) is 0 Å². The van der Waals surface area contributed by atoms with Gasteiger partial charge in [0.25, 0.3) is 0 Å². The van der Waals surface area contributed by atoms with Crippen LogP contribution in [0.4, 0.5) is 4.39 Å². The molecule has 0 aliphatic heterocycles. The molecule has 0 aromatic heterocycles. The molecule has 0 aromatic carbocycles. The second-order valence-electron chi connectivity index (χ2n) is 6.11. The summed E-state index contributed by atoms with van der Waals surface area (Å²) in [6, 6.07) is 0. The molecule has 0 fully saturated rings. The molecule has 0 spiro atoms. The molecule has 0 aliphatic rings. The molecular weight excluding hydrogens is 199 g/mol.